The summed E-state index contributed by atoms with van der Waals surface area (Å²) in [4.78, 5) is 41.5. The van der Waals surface area contributed by atoms with Crippen LogP contribution in [0.4, 0.5) is 0 Å². The topological polar surface area (TPSA) is 95.9 Å². The van der Waals surface area contributed by atoms with E-state index in [0.717, 1.165) is 57.8 Å². The Labute approximate surface area is 190 Å². The van der Waals surface area contributed by atoms with Crippen molar-refractivity contribution in [2.24, 2.45) is 11.8 Å². The summed E-state index contributed by atoms with van der Waals surface area (Å²) >= 11 is 1.69. The zero-order chi connectivity index (χ0) is 22.4. The number of aliphatic hydroxyl groups excluding tert-OH is 1. The summed E-state index contributed by atoms with van der Waals surface area (Å²) in [6.07, 6.45) is 8.09. The quantitative estimate of drug-likeness (QED) is 0.328. The molecule has 0 radical (unpaired) electrons. The van der Waals surface area contributed by atoms with E-state index in [1.807, 2.05) is 0 Å². The highest BCUT2D eigenvalue weighted by molar-refractivity contribution is 8.02. The van der Waals surface area contributed by atoms with Crippen LogP contribution < -0.4 is 5.32 Å². The summed E-state index contributed by atoms with van der Waals surface area (Å²) in [7, 11) is 0. The summed E-state index contributed by atoms with van der Waals surface area (Å²) in [6.45, 7) is 5.54. The number of nitrogens with zero attached hydrogens (tertiary/aromatic N) is 1. The van der Waals surface area contributed by atoms with Crippen molar-refractivity contribution in [2.45, 2.75) is 87.7 Å². The van der Waals surface area contributed by atoms with Gasteiger partial charge in [0, 0.05) is 24.9 Å². The number of ether oxygens (including phenoxy) is 1. The fraction of sp³-hybridized carbons (Fsp3) is 0.870. The van der Waals surface area contributed by atoms with Crippen LogP contribution in [-0.4, -0.2) is 70.1 Å². The average Bonchev–Trinajstić information content (AvgIpc) is 3.39. The first-order valence-corrected chi connectivity index (χ1v) is 12.9. The molecule has 2 bridgehead atoms. The largest absolute Gasteiger partial charge is 0.466 e. The number of rotatable bonds is 13. The molecule has 176 valence electrons. The van der Waals surface area contributed by atoms with Gasteiger partial charge < -0.3 is 20.1 Å². The smallest absolute Gasteiger partial charge is 0.310 e. The Morgan fingerprint density at radius 1 is 1.19 bits per heavy atom. The van der Waals surface area contributed by atoms with Crippen molar-refractivity contribution < 1.29 is 24.2 Å². The number of amides is 2. The number of esters is 1. The van der Waals surface area contributed by atoms with E-state index in [2.05, 4.69) is 12.2 Å². The van der Waals surface area contributed by atoms with Gasteiger partial charge >= 0.3 is 5.97 Å². The molecule has 1 spiro atoms. The lowest BCUT2D eigenvalue weighted by Gasteiger charge is -2.34. The van der Waals surface area contributed by atoms with Crippen LogP contribution in [0.15, 0.2) is 0 Å². The molecule has 8 heteroatoms. The normalized spacial score (nSPS) is 31.2. The lowest BCUT2D eigenvalue weighted by Crippen LogP contribution is -2.53. The maximum atomic E-state index is 13.6. The fourth-order valence-corrected chi connectivity index (χ4v) is 7.84. The third-order valence-corrected chi connectivity index (χ3v) is 8.95. The molecular weight excluding hydrogens is 416 g/mol. The molecule has 0 aromatic heterocycles. The van der Waals surface area contributed by atoms with Gasteiger partial charge in [0.05, 0.1) is 23.2 Å². The molecule has 31 heavy (non-hydrogen) atoms. The first kappa shape index (κ1) is 24.4. The Hall–Kier alpha value is -1.28. The number of unbranched alkanes of at least 4 members (excludes halogenated alkanes) is 5. The van der Waals surface area contributed by atoms with E-state index in [4.69, 9.17) is 9.84 Å². The number of carbonyl (C=O) groups excluding carboxylic acids is 3. The SMILES string of the molecule is CCCCCNC(=O)C1N(CCCCCCO)C(=O)[C@@H]2[C@@H](C(=O)OCC)[C@H]3CCC12S3. The van der Waals surface area contributed by atoms with Gasteiger partial charge in [0.1, 0.15) is 6.04 Å². The Bertz CT molecular complexity index is 660. The first-order valence-electron chi connectivity index (χ1n) is 12.0. The maximum Gasteiger partial charge on any atom is 0.310 e. The van der Waals surface area contributed by atoms with Crippen LogP contribution in [0.1, 0.15) is 71.6 Å². The minimum Gasteiger partial charge on any atom is -0.466 e. The molecule has 3 heterocycles. The van der Waals surface area contributed by atoms with E-state index in [-0.39, 0.29) is 29.6 Å². The number of hydrogen-bond acceptors (Lipinski definition) is 6. The molecule has 3 rings (SSSR count). The third-order valence-electron chi connectivity index (χ3n) is 6.99. The van der Waals surface area contributed by atoms with Crippen molar-refractivity contribution in [1.29, 1.82) is 0 Å². The lowest BCUT2D eigenvalue weighted by molar-refractivity contribution is -0.153. The third kappa shape index (κ3) is 4.75. The molecule has 2 N–H and O–H groups in total. The molecule has 3 aliphatic rings. The van der Waals surface area contributed by atoms with Gasteiger partial charge in [0.2, 0.25) is 11.8 Å². The van der Waals surface area contributed by atoms with E-state index in [1.54, 1.807) is 23.6 Å². The van der Waals surface area contributed by atoms with Gasteiger partial charge in [0.25, 0.3) is 0 Å². The van der Waals surface area contributed by atoms with Crippen LogP contribution in [0.25, 0.3) is 0 Å². The molecule has 3 saturated heterocycles. The molecule has 0 aromatic rings. The van der Waals surface area contributed by atoms with Crippen LogP contribution in [0.5, 0.6) is 0 Å². The number of nitrogens with one attached hydrogen (secondary N) is 1. The van der Waals surface area contributed by atoms with Crippen LogP contribution >= 0.6 is 11.8 Å². The van der Waals surface area contributed by atoms with Crippen molar-refractivity contribution in [3.63, 3.8) is 0 Å². The summed E-state index contributed by atoms with van der Waals surface area (Å²) < 4.78 is 4.82. The monoisotopic (exact) mass is 454 g/mol. The molecule has 0 saturated carbocycles. The fourth-order valence-electron chi connectivity index (χ4n) is 5.63. The van der Waals surface area contributed by atoms with Crippen LogP contribution in [-0.2, 0) is 19.1 Å². The molecule has 3 fully saturated rings. The molecule has 5 atom stereocenters. The lowest BCUT2D eigenvalue weighted by atomic mass is 9.71. The van der Waals surface area contributed by atoms with E-state index < -0.39 is 22.6 Å². The Balaban J connectivity index is 1.79. The number of thioether (sulfide) groups is 1. The Morgan fingerprint density at radius 2 is 1.97 bits per heavy atom. The number of aliphatic hydroxyl groups is 1. The second-order valence-corrected chi connectivity index (χ2v) is 10.6. The molecule has 2 amide bonds. The molecule has 3 aliphatic heterocycles. The first-order chi connectivity index (χ1) is 15.0. The summed E-state index contributed by atoms with van der Waals surface area (Å²) in [5.41, 5.74) is 0. The Kier molecular flexibility index (Phi) is 8.67. The molecule has 7 nitrogen and oxygen atoms in total. The summed E-state index contributed by atoms with van der Waals surface area (Å²) in [6, 6.07) is -0.515. The molecular formula is C23H38N2O5S. The Morgan fingerprint density at radius 3 is 2.68 bits per heavy atom. The number of likely N-dealkylation sites (tertiary alicyclic amines) is 1. The summed E-state index contributed by atoms with van der Waals surface area (Å²) in [5, 5.41) is 12.1. The zero-order valence-electron chi connectivity index (χ0n) is 18.9. The van der Waals surface area contributed by atoms with Gasteiger partial charge in [0.15, 0.2) is 0 Å². The van der Waals surface area contributed by atoms with Crippen molar-refractivity contribution in [1.82, 2.24) is 10.2 Å². The average molecular weight is 455 g/mol. The number of carbonyl (C=O) groups is 3. The van der Waals surface area contributed by atoms with Crippen LogP contribution in [0.3, 0.4) is 0 Å². The van der Waals surface area contributed by atoms with Crippen molar-refractivity contribution in [3.8, 4) is 0 Å². The van der Waals surface area contributed by atoms with Gasteiger partial charge in [-0.15, -0.1) is 11.8 Å². The highest BCUT2D eigenvalue weighted by atomic mass is 32.2. The van der Waals surface area contributed by atoms with E-state index in [1.165, 1.54) is 0 Å². The zero-order valence-corrected chi connectivity index (χ0v) is 19.8. The highest BCUT2D eigenvalue weighted by Gasteiger charge is 2.73. The number of fused-ring (bicyclic) bond motifs is 1. The van der Waals surface area contributed by atoms with Gasteiger partial charge in [-0.3, -0.25) is 14.4 Å². The minimum absolute atomic E-state index is 0.0522. The second-order valence-electron chi connectivity index (χ2n) is 8.98. The van der Waals surface area contributed by atoms with Crippen LogP contribution in [0, 0.1) is 11.8 Å². The predicted molar refractivity (Wildman–Crippen MR) is 121 cm³/mol. The van der Waals surface area contributed by atoms with Crippen molar-refractivity contribution in [3.05, 3.63) is 0 Å². The van der Waals surface area contributed by atoms with E-state index in [0.29, 0.717) is 19.7 Å². The van der Waals surface area contributed by atoms with Crippen molar-refractivity contribution >= 4 is 29.5 Å². The standard InChI is InChI=1S/C23H38N2O5S/c1-3-5-8-13-24-20(27)19-23-12-11-16(31-23)17(22(29)30-4-2)18(23)21(28)25(19)14-9-6-7-10-15-26/h16-19,26H,3-15H2,1-2H3,(H,24,27)/t16-,17+,18+,19?,23?/m1/s1. The second kappa shape index (κ2) is 11.0. The predicted octanol–water partition coefficient (Wildman–Crippen LogP) is 2.50. The van der Waals surface area contributed by atoms with E-state index >= 15 is 0 Å². The number of hydrogen-bond donors (Lipinski definition) is 2. The maximum absolute atomic E-state index is 13.6. The van der Waals surface area contributed by atoms with Crippen LogP contribution in [0.2, 0.25) is 0 Å². The highest BCUT2D eigenvalue weighted by Crippen LogP contribution is 2.66. The van der Waals surface area contributed by atoms with Gasteiger partial charge in [-0.1, -0.05) is 32.6 Å². The van der Waals surface area contributed by atoms with Gasteiger partial charge in [-0.25, -0.2) is 0 Å². The van der Waals surface area contributed by atoms with Gasteiger partial charge in [-0.05, 0) is 39.0 Å². The minimum atomic E-state index is -0.515. The molecule has 2 unspecified atom stereocenters. The van der Waals surface area contributed by atoms with Crippen molar-refractivity contribution in [2.75, 3.05) is 26.3 Å². The van der Waals surface area contributed by atoms with Gasteiger partial charge in [-0.2, -0.15) is 0 Å². The summed E-state index contributed by atoms with van der Waals surface area (Å²) in [5.74, 6) is -1.31. The molecule has 0 aromatic carbocycles. The van der Waals surface area contributed by atoms with E-state index in [9.17, 15) is 14.4 Å². The molecule has 0 aliphatic carbocycles.